The van der Waals surface area contributed by atoms with Gasteiger partial charge in [-0.1, -0.05) is 42.9 Å². The molecule has 5 nitrogen and oxygen atoms in total. The van der Waals surface area contributed by atoms with Gasteiger partial charge in [0.25, 0.3) is 0 Å². The van der Waals surface area contributed by atoms with Crippen LogP contribution in [0.4, 0.5) is 5.13 Å². The third-order valence-electron chi connectivity index (χ3n) is 2.98. The number of carbonyl (C=O) groups is 1. The van der Waals surface area contributed by atoms with E-state index in [1.165, 1.54) is 35.9 Å². The second-order valence-corrected chi connectivity index (χ2v) is 6.84. The minimum absolute atomic E-state index is 0.107. The number of amides is 1. The normalized spacial score (nSPS) is 15.6. The van der Waals surface area contributed by atoms with E-state index in [1.54, 1.807) is 0 Å². The van der Waals surface area contributed by atoms with Crippen LogP contribution in [0, 0.1) is 0 Å². The monoisotopic (exact) mass is 300 g/mol. The number of nitrogens with zero attached hydrogens (tertiary/aromatic N) is 2. The summed E-state index contributed by atoms with van der Waals surface area (Å²) in [5, 5.41) is 15.2. The molecule has 19 heavy (non-hydrogen) atoms. The van der Waals surface area contributed by atoms with Crippen molar-refractivity contribution in [2.24, 2.45) is 0 Å². The van der Waals surface area contributed by atoms with E-state index in [9.17, 15) is 4.79 Å². The Hall–Kier alpha value is -0.820. The van der Waals surface area contributed by atoms with E-state index in [-0.39, 0.29) is 5.91 Å². The molecule has 0 saturated heterocycles. The lowest BCUT2D eigenvalue weighted by molar-refractivity contribution is -0.119. The highest BCUT2D eigenvalue weighted by atomic mass is 32.2. The first-order valence-corrected chi connectivity index (χ1v) is 8.57. The van der Waals surface area contributed by atoms with Crippen LogP contribution in [0.3, 0.4) is 0 Å². The minimum atomic E-state index is 0.107. The van der Waals surface area contributed by atoms with E-state index >= 15 is 0 Å². The lowest BCUT2D eigenvalue weighted by atomic mass is 10.2. The maximum Gasteiger partial charge on any atom is 0.230 e. The molecular formula is C12H20N4OS2. The number of hydrogen-bond acceptors (Lipinski definition) is 6. The molecule has 0 aliphatic heterocycles. The third kappa shape index (κ3) is 4.99. The summed E-state index contributed by atoms with van der Waals surface area (Å²) in [6.45, 7) is 3.01. The van der Waals surface area contributed by atoms with Gasteiger partial charge in [0.2, 0.25) is 11.0 Å². The maximum absolute atomic E-state index is 11.8. The van der Waals surface area contributed by atoms with E-state index in [4.69, 9.17) is 0 Å². The Morgan fingerprint density at radius 3 is 2.95 bits per heavy atom. The fourth-order valence-corrected chi connectivity index (χ4v) is 3.63. The molecule has 0 unspecified atom stereocenters. The standard InChI is InChI=1S/C12H20N4OS2/c1-2-7-13-11-15-16-12(19-11)18-8-10(17)14-9-5-3-4-6-9/h9H,2-8H2,1H3,(H,13,15)(H,14,17). The summed E-state index contributed by atoms with van der Waals surface area (Å²) in [4.78, 5) is 11.8. The van der Waals surface area contributed by atoms with E-state index in [0.29, 0.717) is 11.8 Å². The van der Waals surface area contributed by atoms with Crippen molar-refractivity contribution in [1.82, 2.24) is 15.5 Å². The molecule has 1 amide bonds. The number of aromatic nitrogens is 2. The summed E-state index contributed by atoms with van der Waals surface area (Å²) in [7, 11) is 0. The van der Waals surface area contributed by atoms with Crippen molar-refractivity contribution in [3.63, 3.8) is 0 Å². The third-order valence-corrected chi connectivity index (χ3v) is 4.99. The van der Waals surface area contributed by atoms with Crippen LogP contribution in [-0.2, 0) is 4.79 Å². The van der Waals surface area contributed by atoms with Crippen molar-refractivity contribution in [3.8, 4) is 0 Å². The Labute approximate surface area is 122 Å². The molecule has 0 aromatic carbocycles. The number of anilines is 1. The van der Waals surface area contributed by atoms with Crippen LogP contribution in [-0.4, -0.2) is 34.4 Å². The van der Waals surface area contributed by atoms with Crippen LogP contribution >= 0.6 is 23.1 Å². The van der Waals surface area contributed by atoms with Crippen molar-refractivity contribution in [1.29, 1.82) is 0 Å². The highest BCUT2D eigenvalue weighted by Crippen LogP contribution is 2.25. The van der Waals surface area contributed by atoms with Crippen molar-refractivity contribution in [2.75, 3.05) is 17.6 Å². The zero-order chi connectivity index (χ0) is 13.5. The van der Waals surface area contributed by atoms with Gasteiger partial charge in [0.05, 0.1) is 5.75 Å². The first kappa shape index (κ1) is 14.6. The van der Waals surface area contributed by atoms with Crippen molar-refractivity contribution in [2.45, 2.75) is 49.4 Å². The van der Waals surface area contributed by atoms with Crippen LogP contribution in [0.5, 0.6) is 0 Å². The number of rotatable bonds is 7. The molecule has 2 N–H and O–H groups in total. The van der Waals surface area contributed by atoms with Gasteiger partial charge in [0, 0.05) is 12.6 Å². The first-order valence-electron chi connectivity index (χ1n) is 6.77. The second-order valence-electron chi connectivity index (χ2n) is 4.64. The van der Waals surface area contributed by atoms with Crippen LogP contribution < -0.4 is 10.6 Å². The lowest BCUT2D eigenvalue weighted by Crippen LogP contribution is -2.33. The van der Waals surface area contributed by atoms with Gasteiger partial charge in [0.15, 0.2) is 4.34 Å². The Bertz CT molecular complexity index is 404. The lowest BCUT2D eigenvalue weighted by Gasteiger charge is -2.10. The van der Waals surface area contributed by atoms with Crippen molar-refractivity contribution < 1.29 is 4.79 Å². The van der Waals surface area contributed by atoms with Gasteiger partial charge in [0.1, 0.15) is 0 Å². The van der Waals surface area contributed by atoms with Gasteiger partial charge in [-0.15, -0.1) is 10.2 Å². The summed E-state index contributed by atoms with van der Waals surface area (Å²) in [5.74, 6) is 0.536. The molecule has 1 aliphatic carbocycles. The molecular weight excluding hydrogens is 280 g/mol. The molecule has 0 bridgehead atoms. The minimum Gasteiger partial charge on any atom is -0.360 e. The molecule has 1 fully saturated rings. The summed E-state index contributed by atoms with van der Waals surface area (Å²) in [6, 6.07) is 0.393. The van der Waals surface area contributed by atoms with Crippen LogP contribution in [0.25, 0.3) is 0 Å². The SMILES string of the molecule is CCCNc1nnc(SCC(=O)NC2CCCC2)s1. The Kier molecular flexibility index (Phi) is 5.91. The number of carbonyl (C=O) groups excluding carboxylic acids is 1. The largest absolute Gasteiger partial charge is 0.360 e. The number of thioether (sulfide) groups is 1. The Morgan fingerprint density at radius 2 is 2.21 bits per heavy atom. The molecule has 1 aromatic rings. The Balaban J connectivity index is 1.69. The molecule has 0 radical (unpaired) electrons. The molecule has 7 heteroatoms. The van der Waals surface area contributed by atoms with E-state index in [0.717, 1.165) is 35.3 Å². The smallest absolute Gasteiger partial charge is 0.230 e. The fraction of sp³-hybridized carbons (Fsp3) is 0.750. The highest BCUT2D eigenvalue weighted by Gasteiger charge is 2.17. The van der Waals surface area contributed by atoms with Gasteiger partial charge >= 0.3 is 0 Å². The van der Waals surface area contributed by atoms with Gasteiger partial charge in [-0.3, -0.25) is 4.79 Å². The molecule has 0 spiro atoms. The molecule has 1 heterocycles. The van der Waals surface area contributed by atoms with Crippen molar-refractivity contribution in [3.05, 3.63) is 0 Å². The fourth-order valence-electron chi connectivity index (χ4n) is 2.04. The number of nitrogens with one attached hydrogen (secondary N) is 2. The van der Waals surface area contributed by atoms with Gasteiger partial charge < -0.3 is 10.6 Å². The van der Waals surface area contributed by atoms with Crippen molar-refractivity contribution >= 4 is 34.1 Å². The first-order chi connectivity index (χ1) is 9.28. The summed E-state index contributed by atoms with van der Waals surface area (Å²) >= 11 is 2.97. The van der Waals surface area contributed by atoms with Gasteiger partial charge in [-0.25, -0.2) is 0 Å². The van der Waals surface area contributed by atoms with Gasteiger partial charge in [-0.2, -0.15) is 0 Å². The molecule has 2 rings (SSSR count). The molecule has 0 atom stereocenters. The molecule has 106 valence electrons. The van der Waals surface area contributed by atoms with E-state index in [2.05, 4.69) is 27.8 Å². The quantitative estimate of drug-likeness (QED) is 0.757. The number of hydrogen-bond donors (Lipinski definition) is 2. The Morgan fingerprint density at radius 1 is 1.42 bits per heavy atom. The summed E-state index contributed by atoms with van der Waals surface area (Å²) < 4.78 is 0.847. The predicted octanol–water partition coefficient (Wildman–Crippen LogP) is 2.51. The zero-order valence-corrected chi connectivity index (χ0v) is 12.8. The van der Waals surface area contributed by atoms with Gasteiger partial charge in [-0.05, 0) is 19.3 Å². The zero-order valence-electron chi connectivity index (χ0n) is 11.1. The molecule has 1 aliphatic rings. The van der Waals surface area contributed by atoms with E-state index in [1.807, 2.05) is 0 Å². The maximum atomic E-state index is 11.8. The van der Waals surface area contributed by atoms with Crippen LogP contribution in [0.1, 0.15) is 39.0 Å². The van der Waals surface area contributed by atoms with E-state index < -0.39 is 0 Å². The average Bonchev–Trinajstić information content (AvgIpc) is 3.05. The molecule has 1 saturated carbocycles. The topological polar surface area (TPSA) is 66.9 Å². The molecule has 1 aromatic heterocycles. The highest BCUT2D eigenvalue weighted by molar-refractivity contribution is 8.01. The summed E-state index contributed by atoms with van der Waals surface area (Å²) in [6.07, 6.45) is 5.79. The summed E-state index contributed by atoms with van der Waals surface area (Å²) in [5.41, 5.74) is 0. The van der Waals surface area contributed by atoms with Crippen LogP contribution in [0.2, 0.25) is 0 Å². The predicted molar refractivity (Wildman–Crippen MR) is 79.8 cm³/mol. The second kappa shape index (κ2) is 7.69. The average molecular weight is 300 g/mol. The van der Waals surface area contributed by atoms with Crippen LogP contribution in [0.15, 0.2) is 4.34 Å².